The Morgan fingerprint density at radius 2 is 1.78 bits per heavy atom. The highest BCUT2D eigenvalue weighted by molar-refractivity contribution is 5.78. The van der Waals surface area contributed by atoms with Gasteiger partial charge in [0.15, 0.2) is 0 Å². The summed E-state index contributed by atoms with van der Waals surface area (Å²) < 4.78 is 5.87. The van der Waals surface area contributed by atoms with E-state index < -0.39 is 0 Å². The maximum atomic E-state index is 12.5. The third-order valence-corrected chi connectivity index (χ3v) is 4.77. The second-order valence-electron chi connectivity index (χ2n) is 6.74. The summed E-state index contributed by atoms with van der Waals surface area (Å²) in [5.74, 6) is 1.85. The van der Waals surface area contributed by atoms with Gasteiger partial charge in [0.1, 0.15) is 11.5 Å². The topological polar surface area (TPSA) is 65.8 Å². The molecule has 0 atom stereocenters. The maximum Gasteiger partial charge on any atom is 0.234 e. The van der Waals surface area contributed by atoms with Crippen molar-refractivity contribution in [3.63, 3.8) is 0 Å². The molecule has 27 heavy (non-hydrogen) atoms. The van der Waals surface area contributed by atoms with Crippen LogP contribution in [0.1, 0.15) is 19.1 Å². The van der Waals surface area contributed by atoms with Gasteiger partial charge in [-0.1, -0.05) is 30.3 Å². The molecule has 6 heteroatoms. The summed E-state index contributed by atoms with van der Waals surface area (Å²) in [5.41, 5.74) is 1.04. The number of carbonyl (C=O) groups excluding carboxylic acids is 2. The highest BCUT2D eigenvalue weighted by Crippen LogP contribution is 2.22. The number of likely N-dealkylation sites (N-methyl/N-ethyl adjacent to an activating group) is 1. The van der Waals surface area contributed by atoms with Gasteiger partial charge in [-0.05, 0) is 19.1 Å². The van der Waals surface area contributed by atoms with Crippen LogP contribution in [-0.2, 0) is 16.0 Å². The third-order valence-electron chi connectivity index (χ3n) is 4.77. The Labute approximate surface area is 160 Å². The van der Waals surface area contributed by atoms with Crippen molar-refractivity contribution in [3.05, 3.63) is 48.2 Å². The first-order valence-electron chi connectivity index (χ1n) is 9.56. The SMILES string of the molecule is CCNC(=O)CN1CCN(C(=O)CCc2ccc(-c3ccccc3)o2)CC1. The molecule has 6 nitrogen and oxygen atoms in total. The Bertz CT molecular complexity index is 749. The Morgan fingerprint density at radius 3 is 2.48 bits per heavy atom. The summed E-state index contributed by atoms with van der Waals surface area (Å²) in [6.07, 6.45) is 1.04. The zero-order chi connectivity index (χ0) is 19.1. The Morgan fingerprint density at radius 1 is 1.04 bits per heavy atom. The smallest absolute Gasteiger partial charge is 0.234 e. The maximum absolute atomic E-state index is 12.5. The number of piperazine rings is 1. The number of hydrogen-bond donors (Lipinski definition) is 1. The van der Waals surface area contributed by atoms with E-state index >= 15 is 0 Å². The van der Waals surface area contributed by atoms with Gasteiger partial charge >= 0.3 is 0 Å². The van der Waals surface area contributed by atoms with Crippen molar-refractivity contribution < 1.29 is 14.0 Å². The van der Waals surface area contributed by atoms with Crippen LogP contribution < -0.4 is 5.32 Å². The first-order chi connectivity index (χ1) is 13.2. The Balaban J connectivity index is 1.43. The van der Waals surface area contributed by atoms with Gasteiger partial charge in [0.05, 0.1) is 6.54 Å². The van der Waals surface area contributed by atoms with Crippen molar-refractivity contribution >= 4 is 11.8 Å². The van der Waals surface area contributed by atoms with Crippen LogP contribution in [0.4, 0.5) is 0 Å². The van der Waals surface area contributed by atoms with Crippen molar-refractivity contribution in [2.75, 3.05) is 39.3 Å². The van der Waals surface area contributed by atoms with E-state index in [-0.39, 0.29) is 11.8 Å². The molecule has 1 aliphatic rings. The number of benzene rings is 1. The third kappa shape index (κ3) is 5.44. The van der Waals surface area contributed by atoms with E-state index in [4.69, 9.17) is 4.42 Å². The largest absolute Gasteiger partial charge is 0.461 e. The van der Waals surface area contributed by atoms with E-state index in [1.165, 1.54) is 0 Å². The fourth-order valence-electron chi connectivity index (χ4n) is 3.27. The van der Waals surface area contributed by atoms with Crippen LogP contribution in [0.5, 0.6) is 0 Å². The molecule has 2 heterocycles. The molecule has 0 saturated carbocycles. The van der Waals surface area contributed by atoms with Gasteiger partial charge in [-0.25, -0.2) is 0 Å². The first kappa shape index (κ1) is 19.2. The molecule has 0 aliphatic carbocycles. The van der Waals surface area contributed by atoms with Gasteiger partial charge in [0.2, 0.25) is 11.8 Å². The van der Waals surface area contributed by atoms with E-state index in [9.17, 15) is 9.59 Å². The highest BCUT2D eigenvalue weighted by Gasteiger charge is 2.22. The molecular weight excluding hydrogens is 342 g/mol. The van der Waals surface area contributed by atoms with E-state index in [1.807, 2.05) is 54.3 Å². The zero-order valence-electron chi connectivity index (χ0n) is 15.8. The van der Waals surface area contributed by atoms with Crippen LogP contribution >= 0.6 is 0 Å². The van der Waals surface area contributed by atoms with Crippen molar-refractivity contribution in [1.29, 1.82) is 0 Å². The molecule has 0 unspecified atom stereocenters. The number of amides is 2. The molecule has 0 spiro atoms. The normalized spacial score (nSPS) is 14.9. The molecule has 0 radical (unpaired) electrons. The van der Waals surface area contributed by atoms with E-state index in [0.29, 0.717) is 39.0 Å². The van der Waals surface area contributed by atoms with Crippen molar-refractivity contribution in [3.8, 4) is 11.3 Å². The highest BCUT2D eigenvalue weighted by atomic mass is 16.3. The minimum Gasteiger partial charge on any atom is -0.461 e. The summed E-state index contributed by atoms with van der Waals surface area (Å²) in [7, 11) is 0. The Kier molecular flexibility index (Phi) is 6.65. The molecule has 2 amide bonds. The zero-order valence-corrected chi connectivity index (χ0v) is 15.8. The lowest BCUT2D eigenvalue weighted by molar-refractivity contribution is -0.133. The molecule has 2 aromatic rings. The predicted octanol–water partition coefficient (Wildman–Crippen LogP) is 2.16. The second kappa shape index (κ2) is 9.37. The minimum atomic E-state index is 0.0457. The van der Waals surface area contributed by atoms with Gasteiger partial charge in [0, 0.05) is 51.1 Å². The van der Waals surface area contributed by atoms with E-state index in [2.05, 4.69) is 10.2 Å². The van der Waals surface area contributed by atoms with Gasteiger partial charge in [-0.15, -0.1) is 0 Å². The molecule has 1 aromatic heterocycles. The lowest BCUT2D eigenvalue weighted by atomic mass is 10.2. The number of nitrogens with one attached hydrogen (secondary N) is 1. The number of carbonyl (C=O) groups is 2. The minimum absolute atomic E-state index is 0.0457. The fourth-order valence-corrected chi connectivity index (χ4v) is 3.27. The summed E-state index contributed by atoms with van der Waals surface area (Å²) in [4.78, 5) is 28.1. The average molecular weight is 369 g/mol. The average Bonchev–Trinajstić information content (AvgIpc) is 3.17. The standard InChI is InChI=1S/C21H27N3O3/c1-2-22-20(25)16-23-12-14-24(15-13-23)21(26)11-9-18-8-10-19(27-18)17-6-4-3-5-7-17/h3-8,10H,2,9,11-16H2,1H3,(H,22,25). The predicted molar refractivity (Wildman–Crippen MR) is 104 cm³/mol. The molecular formula is C21H27N3O3. The second-order valence-corrected chi connectivity index (χ2v) is 6.74. The molecule has 1 aliphatic heterocycles. The lowest BCUT2D eigenvalue weighted by Gasteiger charge is -2.34. The van der Waals surface area contributed by atoms with Gasteiger partial charge < -0.3 is 14.6 Å². The van der Waals surface area contributed by atoms with E-state index in [0.717, 1.165) is 30.2 Å². The van der Waals surface area contributed by atoms with Crippen LogP contribution in [0, 0.1) is 0 Å². The molecule has 3 rings (SSSR count). The first-order valence-corrected chi connectivity index (χ1v) is 9.56. The van der Waals surface area contributed by atoms with E-state index in [1.54, 1.807) is 0 Å². The quantitative estimate of drug-likeness (QED) is 0.812. The summed E-state index contributed by atoms with van der Waals surface area (Å²) in [6.45, 7) is 5.79. The van der Waals surface area contributed by atoms with Crippen LogP contribution in [0.15, 0.2) is 46.9 Å². The molecule has 1 N–H and O–H groups in total. The summed E-state index contributed by atoms with van der Waals surface area (Å²) in [5, 5.41) is 2.81. The van der Waals surface area contributed by atoms with Crippen molar-refractivity contribution in [1.82, 2.24) is 15.1 Å². The number of hydrogen-bond acceptors (Lipinski definition) is 4. The van der Waals surface area contributed by atoms with Crippen LogP contribution in [0.2, 0.25) is 0 Å². The molecule has 1 fully saturated rings. The Hall–Kier alpha value is -2.60. The van der Waals surface area contributed by atoms with Crippen molar-refractivity contribution in [2.45, 2.75) is 19.8 Å². The molecule has 0 bridgehead atoms. The van der Waals surface area contributed by atoms with Gasteiger partial charge in [-0.3, -0.25) is 14.5 Å². The summed E-state index contributed by atoms with van der Waals surface area (Å²) >= 11 is 0. The number of furan rings is 1. The monoisotopic (exact) mass is 369 g/mol. The number of nitrogens with zero attached hydrogens (tertiary/aromatic N) is 2. The number of rotatable bonds is 7. The molecule has 144 valence electrons. The summed E-state index contributed by atoms with van der Waals surface area (Å²) in [6, 6.07) is 13.8. The van der Waals surface area contributed by atoms with Gasteiger partial charge in [0.25, 0.3) is 0 Å². The lowest BCUT2D eigenvalue weighted by Crippen LogP contribution is -2.51. The van der Waals surface area contributed by atoms with Crippen LogP contribution in [-0.4, -0.2) is 60.9 Å². The van der Waals surface area contributed by atoms with Gasteiger partial charge in [-0.2, -0.15) is 0 Å². The van der Waals surface area contributed by atoms with Crippen molar-refractivity contribution in [2.24, 2.45) is 0 Å². The molecule has 1 saturated heterocycles. The number of aryl methyl sites for hydroxylation is 1. The molecule has 1 aromatic carbocycles. The van der Waals surface area contributed by atoms with Crippen LogP contribution in [0.25, 0.3) is 11.3 Å². The van der Waals surface area contributed by atoms with Crippen LogP contribution in [0.3, 0.4) is 0 Å². The fraction of sp³-hybridized carbons (Fsp3) is 0.429.